The molecule has 0 aromatic carbocycles. The van der Waals surface area contributed by atoms with Crippen LogP contribution in [0.5, 0.6) is 0 Å². The Morgan fingerprint density at radius 2 is 2.19 bits per heavy atom. The molecule has 0 atom stereocenters. The Morgan fingerprint density at radius 1 is 1.43 bits per heavy atom. The molecule has 2 N–H and O–H groups in total. The van der Waals surface area contributed by atoms with Crippen LogP contribution in [0.15, 0.2) is 11.6 Å². The number of nitrogens with zero attached hydrogens (tertiary/aromatic N) is 2. The number of rotatable bonds is 7. The van der Waals surface area contributed by atoms with Gasteiger partial charge in [0.2, 0.25) is 0 Å². The third-order valence-electron chi connectivity index (χ3n) is 3.55. The first-order valence-electron chi connectivity index (χ1n) is 7.05. The van der Waals surface area contributed by atoms with Gasteiger partial charge in [-0.25, -0.2) is 4.98 Å². The molecule has 0 spiro atoms. The molecule has 1 amide bonds. The van der Waals surface area contributed by atoms with E-state index in [1.54, 1.807) is 6.20 Å². The minimum Gasteiger partial charge on any atom is -0.382 e. The summed E-state index contributed by atoms with van der Waals surface area (Å²) in [5.74, 6) is -0.399. The number of nitrogens with two attached hydrogens (primary N) is 1. The van der Waals surface area contributed by atoms with E-state index >= 15 is 0 Å². The maximum atomic E-state index is 11.8. The molecule has 0 saturated carbocycles. The predicted octanol–water partition coefficient (Wildman–Crippen LogP) is 2.75. The van der Waals surface area contributed by atoms with Crippen LogP contribution >= 0.6 is 11.3 Å². The quantitative estimate of drug-likeness (QED) is 0.800. The van der Waals surface area contributed by atoms with Crippen molar-refractivity contribution < 1.29 is 9.53 Å². The number of aromatic nitrogens is 2. The van der Waals surface area contributed by atoms with E-state index in [2.05, 4.69) is 9.55 Å². The normalized spacial score (nSPS) is 11.0. The predicted molar refractivity (Wildman–Crippen MR) is 84.6 cm³/mol. The molecule has 0 radical (unpaired) electrons. The van der Waals surface area contributed by atoms with E-state index in [-0.39, 0.29) is 0 Å². The highest BCUT2D eigenvalue weighted by molar-refractivity contribution is 7.13. The van der Waals surface area contributed by atoms with Crippen molar-refractivity contribution in [3.8, 4) is 10.6 Å². The van der Waals surface area contributed by atoms with Crippen molar-refractivity contribution in [2.75, 3.05) is 13.2 Å². The first kappa shape index (κ1) is 15.7. The Morgan fingerprint density at radius 3 is 2.76 bits per heavy atom. The van der Waals surface area contributed by atoms with Gasteiger partial charge in [0.25, 0.3) is 5.91 Å². The first-order valence-corrected chi connectivity index (χ1v) is 7.93. The zero-order valence-corrected chi connectivity index (χ0v) is 13.5. The van der Waals surface area contributed by atoms with Gasteiger partial charge in [-0.15, -0.1) is 11.3 Å². The van der Waals surface area contributed by atoms with E-state index in [0.717, 1.165) is 41.5 Å². The Bertz CT molecular complexity index is 617. The summed E-state index contributed by atoms with van der Waals surface area (Å²) in [6.07, 6.45) is 2.64. The second-order valence-electron chi connectivity index (χ2n) is 4.82. The van der Waals surface area contributed by atoms with Gasteiger partial charge in [-0.1, -0.05) is 0 Å². The lowest BCUT2D eigenvalue weighted by Crippen LogP contribution is -2.13. The van der Waals surface area contributed by atoms with Gasteiger partial charge in [0.15, 0.2) is 0 Å². The summed E-state index contributed by atoms with van der Waals surface area (Å²) in [7, 11) is 0. The van der Waals surface area contributed by atoms with E-state index in [0.29, 0.717) is 12.2 Å². The van der Waals surface area contributed by atoms with Crippen molar-refractivity contribution in [3.63, 3.8) is 0 Å². The van der Waals surface area contributed by atoms with Crippen molar-refractivity contribution in [2.45, 2.75) is 33.7 Å². The highest BCUT2D eigenvalue weighted by atomic mass is 32.1. The lowest BCUT2D eigenvalue weighted by molar-refractivity contribution is 0.1000. The van der Waals surface area contributed by atoms with Crippen molar-refractivity contribution in [3.05, 3.63) is 28.5 Å². The Labute approximate surface area is 128 Å². The molecule has 2 aromatic heterocycles. The summed E-state index contributed by atoms with van der Waals surface area (Å²) in [5.41, 5.74) is 8.97. The molecule has 0 aliphatic heterocycles. The largest absolute Gasteiger partial charge is 0.382 e. The highest BCUT2D eigenvalue weighted by Gasteiger charge is 2.23. The van der Waals surface area contributed by atoms with Gasteiger partial charge in [0, 0.05) is 48.3 Å². The molecule has 0 fully saturated rings. The number of thiazole rings is 1. The maximum absolute atomic E-state index is 11.8. The first-order chi connectivity index (χ1) is 10.1. The zero-order chi connectivity index (χ0) is 15.4. The van der Waals surface area contributed by atoms with Gasteiger partial charge in [-0.2, -0.15) is 0 Å². The fourth-order valence-electron chi connectivity index (χ4n) is 2.60. The third kappa shape index (κ3) is 3.16. The van der Waals surface area contributed by atoms with E-state index in [1.165, 1.54) is 11.3 Å². The van der Waals surface area contributed by atoms with Crippen LogP contribution in [0.3, 0.4) is 0 Å². The second-order valence-corrected chi connectivity index (χ2v) is 5.72. The number of ether oxygens (including phenoxy) is 1. The lowest BCUT2D eigenvalue weighted by atomic mass is 10.1. The molecular weight excluding hydrogens is 286 g/mol. The fraction of sp³-hybridized carbons (Fsp3) is 0.467. The molecule has 0 aliphatic carbocycles. The summed E-state index contributed by atoms with van der Waals surface area (Å²) < 4.78 is 7.51. The third-order valence-corrected chi connectivity index (χ3v) is 4.34. The Hall–Kier alpha value is -1.66. The number of carbonyl (C=O) groups excluding carboxylic acids is 1. The molecule has 0 aliphatic rings. The topological polar surface area (TPSA) is 70.1 Å². The standard InChI is InChI=1S/C15H21N3O2S/c1-4-20-8-5-7-18-10(2)12(14(16)19)13(11(18)3)15-17-6-9-21-15/h6,9H,4-5,7-8H2,1-3H3,(H2,16,19). The number of hydrogen-bond donors (Lipinski definition) is 1. The van der Waals surface area contributed by atoms with Crippen molar-refractivity contribution >= 4 is 17.2 Å². The van der Waals surface area contributed by atoms with Crippen molar-refractivity contribution in [1.29, 1.82) is 0 Å². The number of primary amides is 1. The Kier molecular flexibility index (Phi) is 5.14. The summed E-state index contributed by atoms with van der Waals surface area (Å²) >= 11 is 1.52. The average Bonchev–Trinajstić information content (AvgIpc) is 3.03. The molecule has 0 bridgehead atoms. The maximum Gasteiger partial charge on any atom is 0.251 e. The van der Waals surface area contributed by atoms with Crippen molar-refractivity contribution in [2.24, 2.45) is 5.73 Å². The average molecular weight is 307 g/mol. The van der Waals surface area contributed by atoms with E-state index in [1.807, 2.05) is 26.2 Å². The Balaban J connectivity index is 2.39. The van der Waals surface area contributed by atoms with Crippen LogP contribution in [0.1, 0.15) is 35.1 Å². The smallest absolute Gasteiger partial charge is 0.251 e. The van der Waals surface area contributed by atoms with Crippen molar-refractivity contribution in [1.82, 2.24) is 9.55 Å². The SMILES string of the molecule is CCOCCCn1c(C)c(C(N)=O)c(-c2nccs2)c1C. The van der Waals surface area contributed by atoms with Crippen LogP contribution in [0.25, 0.3) is 10.6 Å². The molecule has 114 valence electrons. The molecule has 2 aromatic rings. The summed E-state index contributed by atoms with van der Waals surface area (Å²) in [6.45, 7) is 8.18. The number of carbonyl (C=O) groups is 1. The molecule has 0 unspecified atom stereocenters. The molecule has 0 saturated heterocycles. The summed E-state index contributed by atoms with van der Waals surface area (Å²) in [6, 6.07) is 0. The molecule has 6 heteroatoms. The number of amides is 1. The highest BCUT2D eigenvalue weighted by Crippen LogP contribution is 2.33. The molecule has 21 heavy (non-hydrogen) atoms. The van der Waals surface area contributed by atoms with Gasteiger partial charge in [0.1, 0.15) is 5.01 Å². The van der Waals surface area contributed by atoms with Gasteiger partial charge in [-0.05, 0) is 27.2 Å². The summed E-state index contributed by atoms with van der Waals surface area (Å²) in [5, 5.41) is 2.74. The minimum atomic E-state index is -0.399. The zero-order valence-electron chi connectivity index (χ0n) is 12.7. The lowest BCUT2D eigenvalue weighted by Gasteiger charge is -2.09. The van der Waals surface area contributed by atoms with E-state index < -0.39 is 5.91 Å². The van der Waals surface area contributed by atoms with Crippen LogP contribution in [-0.2, 0) is 11.3 Å². The fourth-order valence-corrected chi connectivity index (χ4v) is 3.34. The molecule has 5 nitrogen and oxygen atoms in total. The van der Waals surface area contributed by atoms with Gasteiger partial charge in [0.05, 0.1) is 5.56 Å². The van der Waals surface area contributed by atoms with Gasteiger partial charge >= 0.3 is 0 Å². The second kappa shape index (κ2) is 6.87. The van der Waals surface area contributed by atoms with Gasteiger partial charge in [-0.3, -0.25) is 4.79 Å². The molecular formula is C15H21N3O2S. The monoisotopic (exact) mass is 307 g/mol. The minimum absolute atomic E-state index is 0.399. The van der Waals surface area contributed by atoms with Crippen LogP contribution in [-0.4, -0.2) is 28.7 Å². The van der Waals surface area contributed by atoms with E-state index in [4.69, 9.17) is 10.5 Å². The van der Waals surface area contributed by atoms with Crippen LogP contribution in [0.2, 0.25) is 0 Å². The van der Waals surface area contributed by atoms with Crippen LogP contribution in [0.4, 0.5) is 0 Å². The van der Waals surface area contributed by atoms with Gasteiger partial charge < -0.3 is 15.0 Å². The number of hydrogen-bond acceptors (Lipinski definition) is 4. The molecule has 2 heterocycles. The van der Waals surface area contributed by atoms with Crippen LogP contribution < -0.4 is 5.73 Å². The van der Waals surface area contributed by atoms with Crippen LogP contribution in [0, 0.1) is 13.8 Å². The summed E-state index contributed by atoms with van der Waals surface area (Å²) in [4.78, 5) is 16.2. The molecule has 2 rings (SSSR count). The van der Waals surface area contributed by atoms with E-state index in [9.17, 15) is 4.79 Å².